The van der Waals surface area contributed by atoms with Gasteiger partial charge in [-0.3, -0.25) is 4.79 Å². The Morgan fingerprint density at radius 2 is 1.87 bits per heavy atom. The smallest absolute Gasteiger partial charge is 0.197 e. The fraction of sp³-hybridized carbons (Fsp3) is 0.400. The van der Waals surface area contributed by atoms with E-state index in [-0.39, 0.29) is 5.78 Å². The van der Waals surface area contributed by atoms with Crippen molar-refractivity contribution in [3.05, 3.63) is 59.4 Å². The number of hydrogen-bond donors (Lipinski definition) is 1. The minimum absolute atomic E-state index is 0.00716. The maximum absolute atomic E-state index is 13.4. The average Bonchev–Trinajstić information content (AvgIpc) is 3.12. The van der Waals surface area contributed by atoms with Crippen LogP contribution in [0.15, 0.2) is 46.9 Å². The molecule has 0 saturated heterocycles. The SMILES string of the molecule is CCCCc1oc2ccc(NC)cc2c1C(=O)c1ccc(OCCCN(C)C)cc1. The number of benzene rings is 2. The van der Waals surface area contributed by atoms with Crippen molar-refractivity contribution in [1.29, 1.82) is 0 Å². The molecule has 160 valence electrons. The molecule has 0 aliphatic rings. The van der Waals surface area contributed by atoms with Gasteiger partial charge in [0.15, 0.2) is 5.78 Å². The average molecular weight is 409 g/mol. The maximum atomic E-state index is 13.4. The van der Waals surface area contributed by atoms with Crippen LogP contribution in [0, 0.1) is 0 Å². The highest BCUT2D eigenvalue weighted by atomic mass is 16.5. The lowest BCUT2D eigenvalue weighted by Crippen LogP contribution is -2.15. The highest BCUT2D eigenvalue weighted by molar-refractivity contribution is 6.17. The van der Waals surface area contributed by atoms with Gasteiger partial charge in [0.1, 0.15) is 17.1 Å². The number of carbonyl (C=O) groups excluding carboxylic acids is 1. The van der Waals surface area contributed by atoms with Crippen molar-refractivity contribution < 1.29 is 13.9 Å². The molecule has 0 aliphatic heterocycles. The van der Waals surface area contributed by atoms with Crippen LogP contribution in [0.3, 0.4) is 0 Å². The molecule has 0 atom stereocenters. The predicted molar refractivity (Wildman–Crippen MR) is 123 cm³/mol. The Bertz CT molecular complexity index is 974. The Labute approximate surface area is 179 Å². The van der Waals surface area contributed by atoms with E-state index in [1.165, 1.54) is 0 Å². The van der Waals surface area contributed by atoms with Gasteiger partial charge in [0.25, 0.3) is 0 Å². The van der Waals surface area contributed by atoms with E-state index >= 15 is 0 Å². The lowest BCUT2D eigenvalue weighted by Gasteiger charge is -2.10. The molecule has 0 bridgehead atoms. The van der Waals surface area contributed by atoms with Crippen molar-refractivity contribution in [3.8, 4) is 5.75 Å². The van der Waals surface area contributed by atoms with E-state index in [1.54, 1.807) is 0 Å². The molecule has 1 aromatic heterocycles. The number of nitrogens with zero attached hydrogens (tertiary/aromatic N) is 1. The minimum Gasteiger partial charge on any atom is -0.494 e. The second kappa shape index (κ2) is 10.3. The molecule has 3 aromatic rings. The molecule has 0 fully saturated rings. The van der Waals surface area contributed by atoms with E-state index in [0.717, 1.165) is 60.4 Å². The first-order valence-corrected chi connectivity index (χ1v) is 10.7. The molecule has 3 rings (SSSR count). The van der Waals surface area contributed by atoms with Gasteiger partial charge in [0.2, 0.25) is 0 Å². The molecular formula is C25H32N2O3. The van der Waals surface area contributed by atoms with Crippen molar-refractivity contribution in [2.75, 3.05) is 39.6 Å². The topological polar surface area (TPSA) is 54.7 Å². The van der Waals surface area contributed by atoms with Gasteiger partial charge in [-0.15, -0.1) is 0 Å². The second-order valence-corrected chi connectivity index (χ2v) is 7.82. The third-order valence-corrected chi connectivity index (χ3v) is 5.17. The summed E-state index contributed by atoms with van der Waals surface area (Å²) in [6, 6.07) is 13.3. The van der Waals surface area contributed by atoms with Crippen molar-refractivity contribution >= 4 is 22.4 Å². The second-order valence-electron chi connectivity index (χ2n) is 7.82. The zero-order valence-electron chi connectivity index (χ0n) is 18.5. The Hall–Kier alpha value is -2.79. The standard InChI is InChI=1S/C25H32N2O3/c1-5-6-8-23-24(21-17-19(26-2)11-14-22(21)30-23)25(28)18-9-12-20(13-10-18)29-16-7-15-27(3)4/h9-14,17,26H,5-8,15-16H2,1-4H3. The zero-order valence-corrected chi connectivity index (χ0v) is 18.5. The molecule has 1 heterocycles. The van der Waals surface area contributed by atoms with E-state index in [9.17, 15) is 4.79 Å². The zero-order chi connectivity index (χ0) is 21.5. The molecule has 5 heteroatoms. The van der Waals surface area contributed by atoms with Crippen LogP contribution in [0.4, 0.5) is 5.69 Å². The lowest BCUT2D eigenvalue weighted by atomic mass is 9.98. The van der Waals surface area contributed by atoms with Crippen molar-refractivity contribution in [3.63, 3.8) is 0 Å². The number of hydrogen-bond acceptors (Lipinski definition) is 5. The molecule has 0 radical (unpaired) electrons. The van der Waals surface area contributed by atoms with E-state index in [2.05, 4.69) is 17.1 Å². The molecule has 0 saturated carbocycles. The monoisotopic (exact) mass is 408 g/mol. The fourth-order valence-electron chi connectivity index (χ4n) is 3.48. The number of aryl methyl sites for hydroxylation is 1. The Kier molecular flexibility index (Phi) is 7.52. The van der Waals surface area contributed by atoms with Crippen LogP contribution < -0.4 is 10.1 Å². The fourth-order valence-corrected chi connectivity index (χ4v) is 3.48. The van der Waals surface area contributed by atoms with Gasteiger partial charge in [0.05, 0.1) is 12.2 Å². The number of furan rings is 1. The van der Waals surface area contributed by atoms with Crippen LogP contribution >= 0.6 is 0 Å². The molecule has 1 N–H and O–H groups in total. The molecule has 0 amide bonds. The first-order chi connectivity index (χ1) is 14.5. The lowest BCUT2D eigenvalue weighted by molar-refractivity contribution is 0.103. The van der Waals surface area contributed by atoms with E-state index in [0.29, 0.717) is 17.7 Å². The van der Waals surface area contributed by atoms with Gasteiger partial charge < -0.3 is 19.4 Å². The van der Waals surface area contributed by atoms with E-state index in [1.807, 2.05) is 63.6 Å². The molecule has 0 unspecified atom stereocenters. The number of anilines is 1. The highest BCUT2D eigenvalue weighted by Crippen LogP contribution is 2.31. The number of ether oxygens (including phenoxy) is 1. The van der Waals surface area contributed by atoms with Gasteiger partial charge in [-0.25, -0.2) is 0 Å². The van der Waals surface area contributed by atoms with Gasteiger partial charge in [-0.1, -0.05) is 13.3 Å². The summed E-state index contributed by atoms with van der Waals surface area (Å²) in [6.45, 7) is 3.78. The Morgan fingerprint density at radius 3 is 2.53 bits per heavy atom. The van der Waals surface area contributed by atoms with Gasteiger partial charge in [0, 0.05) is 36.7 Å². The number of rotatable bonds is 11. The predicted octanol–water partition coefficient (Wildman–Crippen LogP) is 5.38. The third kappa shape index (κ3) is 5.22. The van der Waals surface area contributed by atoms with Crippen LogP contribution in [0.1, 0.15) is 47.9 Å². The summed E-state index contributed by atoms with van der Waals surface area (Å²) < 4.78 is 11.9. The summed E-state index contributed by atoms with van der Waals surface area (Å²) in [5.74, 6) is 1.55. The number of fused-ring (bicyclic) bond motifs is 1. The molecule has 0 aliphatic carbocycles. The van der Waals surface area contributed by atoms with Gasteiger partial charge in [-0.05, 0) is 69.4 Å². The molecule has 0 spiro atoms. The van der Waals surface area contributed by atoms with Gasteiger partial charge >= 0.3 is 0 Å². The molecule has 5 nitrogen and oxygen atoms in total. The van der Waals surface area contributed by atoms with Crippen LogP contribution in [-0.2, 0) is 6.42 Å². The van der Waals surface area contributed by atoms with Crippen molar-refractivity contribution in [1.82, 2.24) is 4.90 Å². The van der Waals surface area contributed by atoms with E-state index in [4.69, 9.17) is 9.15 Å². The number of unbranched alkanes of at least 4 members (excludes halogenated alkanes) is 1. The summed E-state index contributed by atoms with van der Waals surface area (Å²) in [5, 5.41) is 4.01. The number of ketones is 1. The number of nitrogens with one attached hydrogen (secondary N) is 1. The van der Waals surface area contributed by atoms with Crippen LogP contribution in [0.25, 0.3) is 11.0 Å². The summed E-state index contributed by atoms with van der Waals surface area (Å²) >= 11 is 0. The summed E-state index contributed by atoms with van der Waals surface area (Å²) in [7, 11) is 5.97. The number of carbonyl (C=O) groups is 1. The quantitative estimate of drug-likeness (QED) is 0.341. The van der Waals surface area contributed by atoms with Crippen LogP contribution in [0.2, 0.25) is 0 Å². The first-order valence-electron chi connectivity index (χ1n) is 10.7. The Morgan fingerprint density at radius 1 is 1.10 bits per heavy atom. The van der Waals surface area contributed by atoms with Crippen molar-refractivity contribution in [2.24, 2.45) is 0 Å². The molecule has 30 heavy (non-hydrogen) atoms. The van der Waals surface area contributed by atoms with E-state index < -0.39 is 0 Å². The molecular weight excluding hydrogens is 376 g/mol. The summed E-state index contributed by atoms with van der Waals surface area (Å²) in [6.07, 6.45) is 3.75. The first kappa shape index (κ1) is 21.9. The Balaban J connectivity index is 1.84. The minimum atomic E-state index is -0.00716. The summed E-state index contributed by atoms with van der Waals surface area (Å²) in [4.78, 5) is 15.6. The highest BCUT2D eigenvalue weighted by Gasteiger charge is 2.22. The van der Waals surface area contributed by atoms with Crippen LogP contribution in [0.5, 0.6) is 5.75 Å². The third-order valence-electron chi connectivity index (χ3n) is 5.17. The summed E-state index contributed by atoms with van der Waals surface area (Å²) in [5.41, 5.74) is 3.03. The van der Waals surface area contributed by atoms with Gasteiger partial charge in [-0.2, -0.15) is 0 Å². The normalized spacial score (nSPS) is 11.2. The molecule has 2 aromatic carbocycles. The largest absolute Gasteiger partial charge is 0.494 e. The van der Waals surface area contributed by atoms with Crippen molar-refractivity contribution in [2.45, 2.75) is 32.6 Å². The maximum Gasteiger partial charge on any atom is 0.197 e. The van der Waals surface area contributed by atoms with Crippen LogP contribution in [-0.4, -0.2) is 45.0 Å².